The molecule has 0 bridgehead atoms. The second kappa shape index (κ2) is 9.52. The van der Waals surface area contributed by atoms with E-state index in [4.69, 9.17) is 9.84 Å². The van der Waals surface area contributed by atoms with Crippen molar-refractivity contribution in [2.75, 3.05) is 10.8 Å². The van der Waals surface area contributed by atoms with Gasteiger partial charge in [0.25, 0.3) is 10.0 Å². The molecule has 1 aliphatic heterocycles. The van der Waals surface area contributed by atoms with Gasteiger partial charge < -0.3 is 9.84 Å². The summed E-state index contributed by atoms with van der Waals surface area (Å²) in [5, 5.41) is 9.72. The average molecular weight is 567 g/mol. The highest BCUT2D eigenvalue weighted by Gasteiger charge is 2.38. The number of nitrogens with zero attached hydrogens (tertiary/aromatic N) is 2. The fourth-order valence-corrected chi connectivity index (χ4v) is 5.97. The first-order valence-electron chi connectivity index (χ1n) is 10.4. The van der Waals surface area contributed by atoms with Gasteiger partial charge in [-0.25, -0.2) is 13.4 Å². The number of hydrogen-bond acceptors (Lipinski definition) is 6. The number of hydrogen-bond donors (Lipinski definition) is 1. The number of sulfonamides is 1. The number of aromatic nitrogens is 1. The van der Waals surface area contributed by atoms with E-state index in [1.54, 1.807) is 0 Å². The standard InChI is InChI=1S/C22H16F6N2O5S2/c23-21(24,25)13-2-1-3-15(9-13)37(33,34)30-10-14(5-7-19(31)32)35-17-6-4-12(8-16(17)30)20-29-18(11-36-20)22(26,27)28/h1-4,6,8-9,11,14H,5,7,10H2,(H,31,32). The zero-order valence-corrected chi connectivity index (χ0v) is 20.0. The van der Waals surface area contributed by atoms with Gasteiger partial charge in [-0.2, -0.15) is 26.3 Å². The molecule has 0 spiro atoms. The number of benzene rings is 2. The summed E-state index contributed by atoms with van der Waals surface area (Å²) in [7, 11) is -4.64. The number of carboxylic acid groups (broad SMARTS) is 1. The van der Waals surface area contributed by atoms with Crippen LogP contribution in [-0.2, 0) is 27.2 Å². The van der Waals surface area contributed by atoms with Crippen molar-refractivity contribution in [3.8, 4) is 16.3 Å². The van der Waals surface area contributed by atoms with Crippen LogP contribution in [0.15, 0.2) is 52.7 Å². The minimum atomic E-state index is -4.81. The second-order valence-electron chi connectivity index (χ2n) is 7.95. The van der Waals surface area contributed by atoms with E-state index in [0.29, 0.717) is 23.5 Å². The molecule has 0 fully saturated rings. The maximum atomic E-state index is 13.5. The molecule has 37 heavy (non-hydrogen) atoms. The molecule has 2 aromatic carbocycles. The van der Waals surface area contributed by atoms with Crippen LogP contribution in [0.5, 0.6) is 5.75 Å². The molecule has 1 N–H and O–H groups in total. The summed E-state index contributed by atoms with van der Waals surface area (Å²) < 4.78 is 112. The van der Waals surface area contributed by atoms with Crippen molar-refractivity contribution < 1.29 is 49.4 Å². The van der Waals surface area contributed by atoms with E-state index in [1.165, 1.54) is 18.2 Å². The molecule has 0 aliphatic carbocycles. The van der Waals surface area contributed by atoms with Crippen molar-refractivity contribution in [1.29, 1.82) is 0 Å². The lowest BCUT2D eigenvalue weighted by molar-refractivity contribution is -0.141. The van der Waals surface area contributed by atoms with Gasteiger partial charge in [0.2, 0.25) is 0 Å². The molecule has 15 heteroatoms. The molecular weight excluding hydrogens is 550 g/mol. The highest BCUT2D eigenvalue weighted by molar-refractivity contribution is 7.92. The normalized spacial score (nSPS) is 16.3. The molecule has 2 heterocycles. The zero-order valence-electron chi connectivity index (χ0n) is 18.4. The lowest BCUT2D eigenvalue weighted by atomic mass is 10.1. The highest BCUT2D eigenvalue weighted by atomic mass is 32.2. The fourth-order valence-electron chi connectivity index (χ4n) is 3.60. The Bertz CT molecular complexity index is 1440. The number of aliphatic carboxylic acids is 1. The summed E-state index contributed by atoms with van der Waals surface area (Å²) in [4.78, 5) is 13.9. The fraction of sp³-hybridized carbons (Fsp3) is 0.273. The van der Waals surface area contributed by atoms with Crippen LogP contribution in [0, 0.1) is 0 Å². The molecule has 1 aromatic heterocycles. The number of ether oxygens (including phenoxy) is 1. The maximum Gasteiger partial charge on any atom is 0.434 e. The Morgan fingerprint density at radius 2 is 1.84 bits per heavy atom. The number of rotatable bonds is 6. The number of thiazole rings is 1. The first-order valence-corrected chi connectivity index (χ1v) is 12.7. The van der Waals surface area contributed by atoms with Crippen molar-refractivity contribution in [2.24, 2.45) is 0 Å². The minimum absolute atomic E-state index is 0.0338. The van der Waals surface area contributed by atoms with Crippen molar-refractivity contribution in [1.82, 2.24) is 4.98 Å². The molecule has 1 aliphatic rings. The van der Waals surface area contributed by atoms with Gasteiger partial charge in [-0.15, -0.1) is 11.3 Å². The quantitative estimate of drug-likeness (QED) is 0.387. The summed E-state index contributed by atoms with van der Waals surface area (Å²) in [6.45, 7) is -0.437. The van der Waals surface area contributed by atoms with E-state index < -0.39 is 57.1 Å². The largest absolute Gasteiger partial charge is 0.486 e. The molecule has 1 unspecified atom stereocenters. The van der Waals surface area contributed by atoms with Crippen molar-refractivity contribution in [3.05, 3.63) is 59.1 Å². The number of alkyl halides is 6. The van der Waals surface area contributed by atoms with Gasteiger partial charge in [-0.1, -0.05) is 6.07 Å². The molecule has 198 valence electrons. The number of carboxylic acids is 1. The molecule has 4 rings (SSSR count). The number of carbonyl (C=O) groups is 1. The SMILES string of the molecule is O=C(O)CCC1CN(S(=O)(=O)c2cccc(C(F)(F)F)c2)c2cc(-c3nc(C(F)(F)F)cs3)ccc2O1. The summed E-state index contributed by atoms with van der Waals surface area (Å²) in [6.07, 6.45) is -10.9. The van der Waals surface area contributed by atoms with E-state index in [0.717, 1.165) is 21.8 Å². The van der Waals surface area contributed by atoms with Crippen molar-refractivity contribution in [2.45, 2.75) is 36.2 Å². The molecule has 1 atom stereocenters. The smallest absolute Gasteiger partial charge is 0.434 e. The van der Waals surface area contributed by atoms with Crippen LogP contribution < -0.4 is 9.04 Å². The van der Waals surface area contributed by atoms with Crippen LogP contribution in [0.3, 0.4) is 0 Å². The number of anilines is 1. The van der Waals surface area contributed by atoms with Gasteiger partial charge in [-0.3, -0.25) is 9.10 Å². The van der Waals surface area contributed by atoms with E-state index >= 15 is 0 Å². The predicted molar refractivity (Wildman–Crippen MR) is 120 cm³/mol. The van der Waals surface area contributed by atoms with Crippen LogP contribution in [0.1, 0.15) is 24.1 Å². The maximum absolute atomic E-state index is 13.5. The van der Waals surface area contributed by atoms with Crippen molar-refractivity contribution in [3.63, 3.8) is 0 Å². The molecule has 3 aromatic rings. The topological polar surface area (TPSA) is 96.8 Å². The first-order chi connectivity index (χ1) is 17.2. The van der Waals surface area contributed by atoms with Crippen molar-refractivity contribution >= 4 is 33.0 Å². The molecule has 7 nitrogen and oxygen atoms in total. The van der Waals surface area contributed by atoms with Gasteiger partial charge in [-0.05, 0) is 42.8 Å². The third-order valence-electron chi connectivity index (χ3n) is 5.36. The summed E-state index contributed by atoms with van der Waals surface area (Å²) in [5.74, 6) is -1.20. The lowest BCUT2D eigenvalue weighted by Gasteiger charge is -2.35. The van der Waals surface area contributed by atoms with Crippen LogP contribution >= 0.6 is 11.3 Å². The van der Waals surface area contributed by atoms with E-state index in [1.807, 2.05) is 0 Å². The predicted octanol–water partition coefficient (Wildman–Crippen LogP) is 5.67. The summed E-state index contributed by atoms with van der Waals surface area (Å²) >= 11 is 0.672. The minimum Gasteiger partial charge on any atom is -0.486 e. The molecule has 0 saturated carbocycles. The Balaban J connectivity index is 1.80. The Hall–Kier alpha value is -3.33. The Kier molecular flexibility index (Phi) is 6.88. The third kappa shape index (κ3) is 5.66. The molecular formula is C22H16F6N2O5S2. The molecule has 0 saturated heterocycles. The van der Waals surface area contributed by atoms with E-state index in [9.17, 15) is 39.6 Å². The average Bonchev–Trinajstić information content (AvgIpc) is 3.32. The van der Waals surface area contributed by atoms with Crippen LogP contribution in [0.25, 0.3) is 10.6 Å². The summed E-state index contributed by atoms with van der Waals surface area (Å²) in [6, 6.07) is 6.95. The van der Waals surface area contributed by atoms with Crippen LogP contribution in [-0.4, -0.2) is 37.1 Å². The van der Waals surface area contributed by atoms with E-state index in [-0.39, 0.29) is 34.8 Å². The number of fused-ring (bicyclic) bond motifs is 1. The molecule has 0 radical (unpaired) electrons. The third-order valence-corrected chi connectivity index (χ3v) is 8.03. The van der Waals surface area contributed by atoms with Gasteiger partial charge in [0, 0.05) is 17.4 Å². The zero-order chi connectivity index (χ0) is 27.2. The number of halogens is 6. The van der Waals surface area contributed by atoms with E-state index in [2.05, 4.69) is 4.98 Å². The first kappa shape index (κ1) is 26.7. The Labute approximate surface area is 210 Å². The lowest BCUT2D eigenvalue weighted by Crippen LogP contribution is -2.43. The van der Waals surface area contributed by atoms with Gasteiger partial charge in [0.05, 0.1) is 22.7 Å². The van der Waals surface area contributed by atoms with Gasteiger partial charge >= 0.3 is 18.3 Å². The molecule has 0 amide bonds. The Morgan fingerprint density at radius 1 is 1.11 bits per heavy atom. The monoisotopic (exact) mass is 566 g/mol. The second-order valence-corrected chi connectivity index (χ2v) is 10.7. The summed E-state index contributed by atoms with van der Waals surface area (Å²) in [5.41, 5.74) is -2.34. The highest BCUT2D eigenvalue weighted by Crippen LogP contribution is 2.42. The van der Waals surface area contributed by atoms with Gasteiger partial charge in [0.15, 0.2) is 5.69 Å². The Morgan fingerprint density at radius 3 is 2.46 bits per heavy atom. The van der Waals surface area contributed by atoms with Gasteiger partial charge in [0.1, 0.15) is 16.9 Å². The van der Waals surface area contributed by atoms with Crippen LogP contribution in [0.2, 0.25) is 0 Å². The van der Waals surface area contributed by atoms with Crippen LogP contribution in [0.4, 0.5) is 32.0 Å².